The molecule has 8 heteroatoms. The van der Waals surface area contributed by atoms with Crippen molar-refractivity contribution in [3.63, 3.8) is 0 Å². The van der Waals surface area contributed by atoms with Gasteiger partial charge in [-0.25, -0.2) is 9.78 Å². The summed E-state index contributed by atoms with van der Waals surface area (Å²) >= 11 is 1.40. The molecule has 0 fully saturated rings. The molecule has 0 aliphatic carbocycles. The second kappa shape index (κ2) is 10.2. The summed E-state index contributed by atoms with van der Waals surface area (Å²) in [7, 11) is 0. The first-order valence-electron chi connectivity index (χ1n) is 11.4. The first kappa shape index (κ1) is 24.3. The Morgan fingerprint density at radius 1 is 1.09 bits per heavy atom. The van der Waals surface area contributed by atoms with Crippen LogP contribution in [0.5, 0.6) is 0 Å². The van der Waals surface area contributed by atoms with E-state index < -0.39 is 11.9 Å². The number of hydrogen-bond donors (Lipinski definition) is 1. The van der Waals surface area contributed by atoms with Crippen molar-refractivity contribution < 1.29 is 14.3 Å². The van der Waals surface area contributed by atoms with Crippen molar-refractivity contribution in [3.05, 3.63) is 81.7 Å². The van der Waals surface area contributed by atoms with Gasteiger partial charge in [0, 0.05) is 16.6 Å². The maximum absolute atomic E-state index is 13.3. The van der Waals surface area contributed by atoms with Crippen LogP contribution in [0.3, 0.4) is 0 Å². The third-order valence-electron chi connectivity index (χ3n) is 5.49. The van der Waals surface area contributed by atoms with Crippen molar-refractivity contribution in [3.8, 4) is 11.1 Å². The highest BCUT2D eigenvalue weighted by Gasteiger charge is 2.16. The molecule has 1 N–H and O–H groups in total. The van der Waals surface area contributed by atoms with Gasteiger partial charge in [-0.2, -0.15) is 0 Å². The molecule has 4 rings (SSSR count). The minimum atomic E-state index is -0.464. The summed E-state index contributed by atoms with van der Waals surface area (Å²) < 4.78 is 6.50. The molecule has 2 aromatic heterocycles. The number of thiophene rings is 1. The number of fused-ring (bicyclic) bond motifs is 1. The molecule has 0 radical (unpaired) electrons. The molecule has 7 nitrogen and oxygen atoms in total. The number of carbonyl (C=O) groups excluding carboxylic acids is 2. The first-order valence-corrected chi connectivity index (χ1v) is 12.3. The van der Waals surface area contributed by atoms with E-state index in [0.717, 1.165) is 11.1 Å². The van der Waals surface area contributed by atoms with E-state index >= 15 is 0 Å². The molecule has 0 aliphatic rings. The fourth-order valence-electron chi connectivity index (χ4n) is 3.70. The lowest BCUT2D eigenvalue weighted by Crippen LogP contribution is -2.27. The van der Waals surface area contributed by atoms with E-state index in [2.05, 4.69) is 36.3 Å². The van der Waals surface area contributed by atoms with Crippen LogP contribution in [0.1, 0.15) is 49.5 Å². The molecule has 2 aromatic carbocycles. The topological polar surface area (TPSA) is 90.3 Å². The maximum Gasteiger partial charge on any atom is 0.338 e. The lowest BCUT2D eigenvalue weighted by atomic mass is 9.99. The Morgan fingerprint density at radius 3 is 2.51 bits per heavy atom. The number of aromatic nitrogens is 2. The Labute approximate surface area is 207 Å². The summed E-state index contributed by atoms with van der Waals surface area (Å²) in [5.74, 6) is -0.448. The zero-order chi connectivity index (χ0) is 25.1. The lowest BCUT2D eigenvalue weighted by molar-refractivity contribution is -0.116. The molecule has 0 aliphatic heterocycles. The minimum Gasteiger partial charge on any atom is -0.459 e. The Morgan fingerprint density at radius 2 is 1.83 bits per heavy atom. The van der Waals surface area contributed by atoms with Crippen molar-refractivity contribution in [2.24, 2.45) is 0 Å². The normalized spacial score (nSPS) is 11.3. The van der Waals surface area contributed by atoms with E-state index in [1.165, 1.54) is 27.8 Å². The number of anilines is 1. The largest absolute Gasteiger partial charge is 0.459 e. The van der Waals surface area contributed by atoms with E-state index in [1.54, 1.807) is 38.1 Å². The van der Waals surface area contributed by atoms with Crippen molar-refractivity contribution in [2.75, 3.05) is 5.32 Å². The quantitative estimate of drug-likeness (QED) is 0.349. The van der Waals surface area contributed by atoms with Gasteiger partial charge >= 0.3 is 5.97 Å². The van der Waals surface area contributed by atoms with Crippen LogP contribution in [0.25, 0.3) is 21.3 Å². The number of hydrogen-bond acceptors (Lipinski definition) is 6. The zero-order valence-electron chi connectivity index (χ0n) is 20.1. The van der Waals surface area contributed by atoms with Gasteiger partial charge in [0.05, 0.1) is 23.4 Å². The van der Waals surface area contributed by atoms with Gasteiger partial charge in [-0.3, -0.25) is 14.2 Å². The Kier molecular flexibility index (Phi) is 7.12. The smallest absolute Gasteiger partial charge is 0.338 e. The van der Waals surface area contributed by atoms with Gasteiger partial charge in [0.15, 0.2) is 0 Å². The molecule has 4 aromatic rings. The first-order chi connectivity index (χ1) is 16.7. The fourth-order valence-corrected chi connectivity index (χ4v) is 4.61. The molecular weight excluding hydrogens is 462 g/mol. The Balaban J connectivity index is 1.56. The van der Waals surface area contributed by atoms with Crippen LogP contribution in [0.15, 0.2) is 65.0 Å². The molecule has 1 amide bonds. The second-order valence-corrected chi connectivity index (χ2v) is 9.73. The van der Waals surface area contributed by atoms with Crippen LogP contribution in [0.2, 0.25) is 0 Å². The molecule has 35 heavy (non-hydrogen) atoms. The number of ether oxygens (including phenoxy) is 1. The number of nitrogens with one attached hydrogen (secondary N) is 1. The summed E-state index contributed by atoms with van der Waals surface area (Å²) in [6, 6.07) is 14.7. The summed E-state index contributed by atoms with van der Waals surface area (Å²) in [6.07, 6.45) is 1.15. The third-order valence-corrected chi connectivity index (χ3v) is 6.37. The van der Waals surface area contributed by atoms with Gasteiger partial charge in [-0.15, -0.1) is 11.3 Å². The standard InChI is InChI=1S/C27H27N3O4S/c1-16(2)18-8-10-19(11-9-18)22-14-35-25-24(22)26(32)30(15-28-25)13-23(31)29-21-7-5-6-20(12-21)27(33)34-17(3)4/h5-12,14-17H,13H2,1-4H3,(H,29,31). The van der Waals surface area contributed by atoms with E-state index in [9.17, 15) is 14.4 Å². The van der Waals surface area contributed by atoms with Gasteiger partial charge in [0.25, 0.3) is 5.56 Å². The minimum absolute atomic E-state index is 0.204. The number of nitrogens with zero attached hydrogens (tertiary/aromatic N) is 2. The lowest BCUT2D eigenvalue weighted by Gasteiger charge is -2.10. The summed E-state index contributed by atoms with van der Waals surface area (Å²) in [6.45, 7) is 7.60. The van der Waals surface area contributed by atoms with Crippen molar-refractivity contribution in [1.82, 2.24) is 9.55 Å². The van der Waals surface area contributed by atoms with Crippen LogP contribution in [0.4, 0.5) is 5.69 Å². The average molecular weight is 490 g/mol. The molecule has 0 saturated heterocycles. The highest BCUT2D eigenvalue weighted by Crippen LogP contribution is 2.31. The van der Waals surface area contributed by atoms with Gasteiger partial charge in [0.2, 0.25) is 5.91 Å². The van der Waals surface area contributed by atoms with Gasteiger partial charge in [-0.05, 0) is 49.1 Å². The molecule has 2 heterocycles. The van der Waals surface area contributed by atoms with Crippen molar-refractivity contribution >= 4 is 39.1 Å². The summed E-state index contributed by atoms with van der Waals surface area (Å²) in [5, 5.41) is 5.17. The SMILES string of the molecule is CC(C)OC(=O)c1cccc(NC(=O)Cn2cnc3scc(-c4ccc(C(C)C)cc4)c3c2=O)c1. The van der Waals surface area contributed by atoms with E-state index in [1.807, 2.05) is 17.5 Å². The number of carbonyl (C=O) groups is 2. The molecule has 0 saturated carbocycles. The molecule has 0 unspecified atom stereocenters. The monoisotopic (exact) mass is 489 g/mol. The van der Waals surface area contributed by atoms with Crippen molar-refractivity contribution in [2.45, 2.75) is 46.3 Å². The van der Waals surface area contributed by atoms with Crippen LogP contribution in [-0.4, -0.2) is 27.5 Å². The van der Waals surface area contributed by atoms with Gasteiger partial charge in [0.1, 0.15) is 11.4 Å². The van der Waals surface area contributed by atoms with Crippen LogP contribution in [0, 0.1) is 0 Å². The predicted octanol–water partition coefficient (Wildman–Crippen LogP) is 5.45. The second-order valence-electron chi connectivity index (χ2n) is 8.87. The fraction of sp³-hybridized carbons (Fsp3) is 0.259. The van der Waals surface area contributed by atoms with Gasteiger partial charge < -0.3 is 10.1 Å². The molecular formula is C27H27N3O4S. The summed E-state index contributed by atoms with van der Waals surface area (Å²) in [4.78, 5) is 43.2. The van der Waals surface area contributed by atoms with Gasteiger partial charge in [-0.1, -0.05) is 44.2 Å². The number of rotatable bonds is 7. The highest BCUT2D eigenvalue weighted by molar-refractivity contribution is 7.17. The molecule has 180 valence electrons. The summed E-state index contributed by atoms with van der Waals surface area (Å²) in [5.41, 5.74) is 3.47. The number of esters is 1. The number of benzene rings is 2. The van der Waals surface area contributed by atoms with E-state index in [4.69, 9.17) is 4.74 Å². The van der Waals surface area contributed by atoms with Crippen LogP contribution in [-0.2, 0) is 16.1 Å². The third kappa shape index (κ3) is 5.49. The molecule has 0 atom stereocenters. The average Bonchev–Trinajstić information content (AvgIpc) is 3.25. The Bertz CT molecular complexity index is 1440. The molecule has 0 spiro atoms. The van der Waals surface area contributed by atoms with E-state index in [-0.39, 0.29) is 18.2 Å². The predicted molar refractivity (Wildman–Crippen MR) is 139 cm³/mol. The maximum atomic E-state index is 13.3. The highest BCUT2D eigenvalue weighted by atomic mass is 32.1. The Hall–Kier alpha value is -3.78. The van der Waals surface area contributed by atoms with Crippen molar-refractivity contribution in [1.29, 1.82) is 0 Å². The van der Waals surface area contributed by atoms with Crippen LogP contribution < -0.4 is 10.9 Å². The number of amides is 1. The van der Waals surface area contributed by atoms with Crippen LogP contribution >= 0.6 is 11.3 Å². The molecule has 0 bridgehead atoms. The zero-order valence-corrected chi connectivity index (χ0v) is 20.9. The van der Waals surface area contributed by atoms with E-state index in [0.29, 0.717) is 27.4 Å².